The summed E-state index contributed by atoms with van der Waals surface area (Å²) in [7, 11) is 1.93. The molecule has 5 atom stereocenters. The molecule has 10 heteroatoms. The third-order valence-corrected chi connectivity index (χ3v) is 7.23. The lowest BCUT2D eigenvalue weighted by Crippen LogP contribution is -2.42. The molecule has 0 radical (unpaired) electrons. The van der Waals surface area contributed by atoms with Crippen molar-refractivity contribution in [1.29, 1.82) is 0 Å². The van der Waals surface area contributed by atoms with Crippen LogP contribution in [0.2, 0.25) is 6.04 Å². The maximum absolute atomic E-state index is 10.0. The van der Waals surface area contributed by atoms with Gasteiger partial charge >= 0.3 is 8.80 Å². The molecule has 0 aromatic rings. The van der Waals surface area contributed by atoms with Gasteiger partial charge in [0.15, 0.2) is 0 Å². The molecule has 0 bridgehead atoms. The second-order valence-corrected chi connectivity index (χ2v) is 9.73. The van der Waals surface area contributed by atoms with E-state index < -0.39 is 39.3 Å². The van der Waals surface area contributed by atoms with Gasteiger partial charge in [-0.2, -0.15) is 0 Å². The lowest BCUT2D eigenvalue weighted by atomic mass is 9.98. The van der Waals surface area contributed by atoms with Crippen molar-refractivity contribution in [2.24, 2.45) is 5.73 Å². The third kappa shape index (κ3) is 10.9. The number of aliphatic hydroxyl groups excluding tert-OH is 5. The molecule has 158 valence electrons. The fraction of sp³-hybridized carbons (Fsp3) is 1.00. The van der Waals surface area contributed by atoms with Crippen molar-refractivity contribution in [3.8, 4) is 0 Å². The highest BCUT2D eigenvalue weighted by atomic mass is 28.4. The fourth-order valence-corrected chi connectivity index (χ4v) is 4.62. The van der Waals surface area contributed by atoms with E-state index in [1.807, 2.05) is 0 Å². The molecule has 0 saturated carbocycles. The van der Waals surface area contributed by atoms with Gasteiger partial charge in [-0.05, 0) is 32.1 Å². The zero-order valence-electron chi connectivity index (χ0n) is 16.1. The van der Waals surface area contributed by atoms with E-state index >= 15 is 0 Å². The van der Waals surface area contributed by atoms with Gasteiger partial charge in [0.05, 0.1) is 30.5 Å². The molecule has 0 aliphatic carbocycles. The number of aliphatic hydroxyl groups is 5. The Bertz CT molecular complexity index is 340. The van der Waals surface area contributed by atoms with Gasteiger partial charge in [-0.3, -0.25) is 0 Å². The smallest absolute Gasteiger partial charge is 0.393 e. The molecule has 26 heavy (non-hydrogen) atoms. The fourth-order valence-electron chi connectivity index (χ4n) is 2.87. The number of nitrogens with two attached hydrogens (primary N) is 1. The van der Waals surface area contributed by atoms with Crippen LogP contribution in [0.4, 0.5) is 0 Å². The minimum atomic E-state index is -2.66. The Hall–Kier alpha value is -0.143. The Labute approximate surface area is 157 Å². The first kappa shape index (κ1) is 25.9. The first-order chi connectivity index (χ1) is 12.2. The minimum Gasteiger partial charge on any atom is -0.393 e. The van der Waals surface area contributed by atoms with Gasteiger partial charge in [0.1, 0.15) is 0 Å². The van der Waals surface area contributed by atoms with Gasteiger partial charge < -0.3 is 44.5 Å². The molecular formula is C16H37NO8Si. The summed E-state index contributed by atoms with van der Waals surface area (Å²) in [6.45, 7) is 0.0430. The normalized spacial score (nSPS) is 18.3. The predicted octanol–water partition coefficient (Wildman–Crippen LogP) is -1.03. The van der Waals surface area contributed by atoms with E-state index in [0.717, 1.165) is 0 Å². The van der Waals surface area contributed by atoms with E-state index in [1.165, 1.54) is 21.3 Å². The van der Waals surface area contributed by atoms with Gasteiger partial charge in [0.2, 0.25) is 0 Å². The summed E-state index contributed by atoms with van der Waals surface area (Å²) in [4.78, 5) is 0. The molecule has 0 fully saturated rings. The number of hydrogen-bond donors (Lipinski definition) is 6. The Morgan fingerprint density at radius 2 is 1.08 bits per heavy atom. The Balaban J connectivity index is 4.09. The second kappa shape index (κ2) is 13.9. The summed E-state index contributed by atoms with van der Waals surface area (Å²) in [6, 6.07) is 0.557. The van der Waals surface area contributed by atoms with Gasteiger partial charge in [0, 0.05) is 40.3 Å². The van der Waals surface area contributed by atoms with E-state index in [4.69, 9.17) is 19.0 Å². The first-order valence-corrected chi connectivity index (χ1v) is 10.9. The highest BCUT2D eigenvalue weighted by Gasteiger charge is 2.37. The van der Waals surface area contributed by atoms with Crippen LogP contribution in [-0.2, 0) is 13.3 Å². The van der Waals surface area contributed by atoms with Gasteiger partial charge in [-0.15, -0.1) is 0 Å². The third-order valence-electron chi connectivity index (χ3n) is 4.40. The lowest BCUT2D eigenvalue weighted by Gasteiger charge is -2.25. The van der Waals surface area contributed by atoms with E-state index in [1.54, 1.807) is 0 Å². The number of rotatable bonds is 16. The standard InChI is InChI=1S/C16H37NO8Si/c1-23-26(24-2,25-3)6-4-5-12(18)7-13(19)8-14(20)9-15(21)10-16(22)11-17/h12-16,18-22H,4-11,17H2,1-3H3. The van der Waals surface area contributed by atoms with Crippen LogP contribution >= 0.6 is 0 Å². The van der Waals surface area contributed by atoms with Crippen LogP contribution in [0.1, 0.15) is 38.5 Å². The topological polar surface area (TPSA) is 155 Å². The molecular weight excluding hydrogens is 362 g/mol. The molecule has 0 rings (SSSR count). The van der Waals surface area contributed by atoms with Crippen molar-refractivity contribution in [2.75, 3.05) is 27.9 Å². The van der Waals surface area contributed by atoms with Crippen molar-refractivity contribution in [2.45, 2.75) is 75.1 Å². The van der Waals surface area contributed by atoms with Gasteiger partial charge in [-0.25, -0.2) is 0 Å². The second-order valence-electron chi connectivity index (χ2n) is 6.64. The molecule has 9 nitrogen and oxygen atoms in total. The van der Waals surface area contributed by atoms with Crippen LogP contribution in [0.15, 0.2) is 0 Å². The van der Waals surface area contributed by atoms with Crippen LogP contribution < -0.4 is 5.73 Å². The van der Waals surface area contributed by atoms with Crippen molar-refractivity contribution in [3.05, 3.63) is 0 Å². The van der Waals surface area contributed by atoms with Crippen LogP contribution in [-0.4, -0.2) is 92.7 Å². The number of hydrogen-bond acceptors (Lipinski definition) is 9. The molecule has 5 unspecified atom stereocenters. The van der Waals surface area contributed by atoms with Crippen molar-refractivity contribution < 1.29 is 38.8 Å². The molecule has 7 N–H and O–H groups in total. The summed E-state index contributed by atoms with van der Waals surface area (Å²) in [5, 5.41) is 49.0. The quantitative estimate of drug-likeness (QED) is 0.179. The zero-order valence-corrected chi connectivity index (χ0v) is 17.1. The van der Waals surface area contributed by atoms with E-state index in [9.17, 15) is 25.5 Å². The monoisotopic (exact) mass is 399 g/mol. The molecule has 0 aliphatic rings. The molecule has 0 spiro atoms. The summed E-state index contributed by atoms with van der Waals surface area (Å²) in [5.41, 5.74) is 5.27. The SMILES string of the molecule is CO[Si](CCCC(O)CC(O)CC(O)CC(O)CC(O)CN)(OC)OC. The van der Waals surface area contributed by atoms with Gasteiger partial charge in [-0.1, -0.05) is 0 Å². The Morgan fingerprint density at radius 1 is 0.692 bits per heavy atom. The average molecular weight is 400 g/mol. The Kier molecular flexibility index (Phi) is 13.9. The van der Waals surface area contributed by atoms with Crippen molar-refractivity contribution in [1.82, 2.24) is 0 Å². The highest BCUT2D eigenvalue weighted by molar-refractivity contribution is 6.60. The van der Waals surface area contributed by atoms with E-state index in [2.05, 4.69) is 0 Å². The van der Waals surface area contributed by atoms with Crippen LogP contribution in [0.5, 0.6) is 0 Å². The Morgan fingerprint density at radius 3 is 1.46 bits per heavy atom. The predicted molar refractivity (Wildman–Crippen MR) is 98.4 cm³/mol. The largest absolute Gasteiger partial charge is 0.500 e. The first-order valence-electron chi connectivity index (χ1n) is 8.97. The average Bonchev–Trinajstić information content (AvgIpc) is 2.58. The molecule has 0 aromatic heterocycles. The van der Waals surface area contributed by atoms with Crippen LogP contribution in [0.3, 0.4) is 0 Å². The van der Waals surface area contributed by atoms with Crippen molar-refractivity contribution >= 4 is 8.80 Å². The van der Waals surface area contributed by atoms with Crippen molar-refractivity contribution in [3.63, 3.8) is 0 Å². The van der Waals surface area contributed by atoms with E-state index in [0.29, 0.717) is 18.9 Å². The molecule has 0 aliphatic heterocycles. The lowest BCUT2D eigenvalue weighted by molar-refractivity contribution is 0.00675. The highest BCUT2D eigenvalue weighted by Crippen LogP contribution is 2.19. The summed E-state index contributed by atoms with van der Waals surface area (Å²) < 4.78 is 15.9. The maximum atomic E-state index is 10.0. The summed E-state index contributed by atoms with van der Waals surface area (Å²) in [5.74, 6) is 0. The van der Waals surface area contributed by atoms with Crippen LogP contribution in [0, 0.1) is 0 Å². The molecule has 0 amide bonds. The van der Waals surface area contributed by atoms with Crippen LogP contribution in [0.25, 0.3) is 0 Å². The summed E-state index contributed by atoms with van der Waals surface area (Å²) in [6.07, 6.45) is -2.89. The maximum Gasteiger partial charge on any atom is 0.500 e. The molecule has 0 heterocycles. The minimum absolute atomic E-state index is 0.0356. The molecule has 0 aromatic carbocycles. The van der Waals surface area contributed by atoms with E-state index in [-0.39, 0.29) is 32.2 Å². The van der Waals surface area contributed by atoms with Gasteiger partial charge in [0.25, 0.3) is 0 Å². The summed E-state index contributed by atoms with van der Waals surface area (Å²) >= 11 is 0. The zero-order chi connectivity index (χ0) is 20.2. The molecule has 0 saturated heterocycles.